The molecule has 3 heteroatoms. The number of fused-ring (bicyclic) bond motifs is 1. The van der Waals surface area contributed by atoms with Gasteiger partial charge in [0, 0.05) is 22.6 Å². The summed E-state index contributed by atoms with van der Waals surface area (Å²) in [7, 11) is 0. The van der Waals surface area contributed by atoms with Crippen molar-refractivity contribution in [2.45, 2.75) is 52.5 Å². The van der Waals surface area contributed by atoms with E-state index in [1.807, 2.05) is 25.1 Å². The van der Waals surface area contributed by atoms with Crippen molar-refractivity contribution in [1.29, 1.82) is 0 Å². The summed E-state index contributed by atoms with van der Waals surface area (Å²) < 4.78 is 5.97. The van der Waals surface area contributed by atoms with Gasteiger partial charge in [-0.25, -0.2) is 0 Å². The minimum Gasteiger partial charge on any atom is -0.492 e. The van der Waals surface area contributed by atoms with Crippen LogP contribution >= 0.6 is 0 Å². The highest BCUT2D eigenvalue weighted by atomic mass is 16.5. The quantitative estimate of drug-likeness (QED) is 0.864. The van der Waals surface area contributed by atoms with E-state index < -0.39 is 0 Å². The van der Waals surface area contributed by atoms with E-state index in [4.69, 9.17) is 4.74 Å². The fourth-order valence-corrected chi connectivity index (χ4v) is 3.29. The second kappa shape index (κ2) is 6.79. The lowest BCUT2D eigenvalue weighted by Crippen LogP contribution is -2.41. The molecule has 2 aromatic rings. The first-order valence-corrected chi connectivity index (χ1v) is 9.31. The number of benzene rings is 2. The summed E-state index contributed by atoms with van der Waals surface area (Å²) >= 11 is 0. The molecule has 2 aromatic carbocycles. The van der Waals surface area contributed by atoms with Crippen LogP contribution in [0.25, 0.3) is 0 Å². The standard InChI is InChI=1S/C23H29NO2/c1-16(22(2,3)4)24-21(25)18-11-12-19-20(13-18)26-15-23(19,5)14-17-9-7-6-8-10-17/h6-13,16H,14-15H2,1-5H3,(H,24,25). The zero-order valence-corrected chi connectivity index (χ0v) is 16.4. The zero-order valence-electron chi connectivity index (χ0n) is 16.4. The van der Waals surface area contributed by atoms with Crippen LogP contribution in [0.3, 0.4) is 0 Å². The van der Waals surface area contributed by atoms with Gasteiger partial charge in [0.25, 0.3) is 5.91 Å². The highest BCUT2D eigenvalue weighted by Crippen LogP contribution is 2.41. The fourth-order valence-electron chi connectivity index (χ4n) is 3.29. The number of carbonyl (C=O) groups is 1. The van der Waals surface area contributed by atoms with Crippen molar-refractivity contribution in [2.75, 3.05) is 6.61 Å². The molecule has 138 valence electrons. The van der Waals surface area contributed by atoms with Crippen LogP contribution < -0.4 is 10.1 Å². The number of amides is 1. The Balaban J connectivity index is 1.79. The number of carbonyl (C=O) groups excluding carboxylic acids is 1. The molecule has 3 nitrogen and oxygen atoms in total. The molecule has 26 heavy (non-hydrogen) atoms. The predicted octanol–water partition coefficient (Wildman–Crippen LogP) is 4.74. The maximum absolute atomic E-state index is 12.6. The normalized spacial score (nSPS) is 20.2. The molecule has 0 aliphatic carbocycles. The van der Waals surface area contributed by atoms with Crippen LogP contribution in [0.1, 0.15) is 56.1 Å². The molecule has 0 aromatic heterocycles. The molecule has 2 unspecified atom stereocenters. The van der Waals surface area contributed by atoms with E-state index in [-0.39, 0.29) is 22.8 Å². The molecule has 1 aliphatic heterocycles. The number of hydrogen-bond donors (Lipinski definition) is 1. The number of rotatable bonds is 4. The van der Waals surface area contributed by atoms with Gasteiger partial charge >= 0.3 is 0 Å². The summed E-state index contributed by atoms with van der Waals surface area (Å²) in [5, 5.41) is 3.09. The molecule has 0 bridgehead atoms. The van der Waals surface area contributed by atoms with Gasteiger partial charge in [-0.3, -0.25) is 4.79 Å². The molecule has 2 atom stereocenters. The van der Waals surface area contributed by atoms with E-state index in [0.717, 1.165) is 12.2 Å². The summed E-state index contributed by atoms with van der Waals surface area (Å²) in [6.45, 7) is 11.3. The molecule has 0 radical (unpaired) electrons. The third kappa shape index (κ3) is 3.77. The van der Waals surface area contributed by atoms with Gasteiger partial charge in [-0.05, 0) is 36.5 Å². The third-order valence-corrected chi connectivity index (χ3v) is 5.52. The first kappa shape index (κ1) is 18.5. The maximum atomic E-state index is 12.6. The van der Waals surface area contributed by atoms with Crippen LogP contribution in [0.15, 0.2) is 48.5 Å². The Bertz CT molecular complexity index is 792. The van der Waals surface area contributed by atoms with Crippen molar-refractivity contribution in [1.82, 2.24) is 5.32 Å². The molecule has 0 spiro atoms. The van der Waals surface area contributed by atoms with Crippen LogP contribution in [0.5, 0.6) is 5.75 Å². The SMILES string of the molecule is CC(NC(=O)c1ccc2c(c1)OCC2(C)Cc1ccccc1)C(C)(C)C. The molecule has 3 rings (SSSR count). The van der Waals surface area contributed by atoms with E-state index in [9.17, 15) is 4.79 Å². The molecule has 1 aliphatic rings. The lowest BCUT2D eigenvalue weighted by atomic mass is 9.79. The monoisotopic (exact) mass is 351 g/mol. The zero-order chi connectivity index (χ0) is 18.9. The molecule has 1 amide bonds. The van der Waals surface area contributed by atoms with Crippen molar-refractivity contribution >= 4 is 5.91 Å². The van der Waals surface area contributed by atoms with Crippen LogP contribution in [-0.4, -0.2) is 18.6 Å². The van der Waals surface area contributed by atoms with Crippen molar-refractivity contribution in [2.24, 2.45) is 5.41 Å². The molecular formula is C23H29NO2. The van der Waals surface area contributed by atoms with E-state index in [2.05, 4.69) is 63.3 Å². The molecule has 0 saturated carbocycles. The summed E-state index contributed by atoms with van der Waals surface area (Å²) in [5.74, 6) is 0.787. The van der Waals surface area contributed by atoms with Crippen LogP contribution in [0, 0.1) is 5.41 Å². The number of ether oxygens (including phenoxy) is 1. The Morgan fingerprint density at radius 3 is 2.54 bits per heavy atom. The first-order chi connectivity index (χ1) is 12.2. The number of nitrogens with one attached hydrogen (secondary N) is 1. The second-order valence-electron chi connectivity index (χ2n) is 8.78. The largest absolute Gasteiger partial charge is 0.492 e. The topological polar surface area (TPSA) is 38.3 Å². The van der Waals surface area contributed by atoms with Crippen molar-refractivity contribution in [3.8, 4) is 5.75 Å². The van der Waals surface area contributed by atoms with Crippen molar-refractivity contribution in [3.05, 3.63) is 65.2 Å². The van der Waals surface area contributed by atoms with E-state index in [0.29, 0.717) is 12.2 Å². The first-order valence-electron chi connectivity index (χ1n) is 9.31. The van der Waals surface area contributed by atoms with E-state index >= 15 is 0 Å². The van der Waals surface area contributed by atoms with Crippen molar-refractivity contribution in [3.63, 3.8) is 0 Å². The Morgan fingerprint density at radius 2 is 1.88 bits per heavy atom. The molecule has 1 heterocycles. The van der Waals surface area contributed by atoms with Gasteiger partial charge in [0.05, 0.1) is 6.61 Å². The van der Waals surface area contributed by atoms with Gasteiger partial charge in [-0.1, -0.05) is 64.1 Å². The molecule has 0 saturated heterocycles. The average molecular weight is 351 g/mol. The molecule has 1 N–H and O–H groups in total. The van der Waals surface area contributed by atoms with Crippen LogP contribution in [-0.2, 0) is 11.8 Å². The summed E-state index contributed by atoms with van der Waals surface area (Å²) in [5.41, 5.74) is 3.10. The van der Waals surface area contributed by atoms with Gasteiger partial charge in [-0.15, -0.1) is 0 Å². The van der Waals surface area contributed by atoms with Crippen LogP contribution in [0.4, 0.5) is 0 Å². The highest BCUT2D eigenvalue weighted by Gasteiger charge is 2.37. The molecule has 0 fully saturated rings. The average Bonchev–Trinajstić information content (AvgIpc) is 2.91. The van der Waals surface area contributed by atoms with Gasteiger partial charge in [0.15, 0.2) is 0 Å². The smallest absolute Gasteiger partial charge is 0.251 e. The maximum Gasteiger partial charge on any atom is 0.251 e. The predicted molar refractivity (Wildman–Crippen MR) is 106 cm³/mol. The number of hydrogen-bond acceptors (Lipinski definition) is 2. The lowest BCUT2D eigenvalue weighted by Gasteiger charge is -2.28. The van der Waals surface area contributed by atoms with Gasteiger partial charge in [0.2, 0.25) is 0 Å². The fraction of sp³-hybridized carbons (Fsp3) is 0.435. The van der Waals surface area contributed by atoms with Crippen LogP contribution in [0.2, 0.25) is 0 Å². The Kier molecular flexibility index (Phi) is 4.83. The third-order valence-electron chi connectivity index (χ3n) is 5.52. The van der Waals surface area contributed by atoms with E-state index in [1.54, 1.807) is 0 Å². The Morgan fingerprint density at radius 1 is 1.19 bits per heavy atom. The molecular weight excluding hydrogens is 322 g/mol. The lowest BCUT2D eigenvalue weighted by molar-refractivity contribution is 0.0910. The van der Waals surface area contributed by atoms with Crippen molar-refractivity contribution < 1.29 is 9.53 Å². The summed E-state index contributed by atoms with van der Waals surface area (Å²) in [6.07, 6.45) is 0.924. The minimum absolute atomic E-state index is 0.0249. The van der Waals surface area contributed by atoms with E-state index in [1.165, 1.54) is 11.1 Å². The summed E-state index contributed by atoms with van der Waals surface area (Å²) in [4.78, 5) is 12.6. The van der Waals surface area contributed by atoms with Gasteiger partial charge < -0.3 is 10.1 Å². The Labute approximate surface area is 156 Å². The van der Waals surface area contributed by atoms with Gasteiger partial charge in [0.1, 0.15) is 5.75 Å². The minimum atomic E-state index is -0.0651. The Hall–Kier alpha value is -2.29. The highest BCUT2D eigenvalue weighted by molar-refractivity contribution is 5.95. The summed E-state index contributed by atoms with van der Waals surface area (Å²) in [6, 6.07) is 16.4. The van der Waals surface area contributed by atoms with Gasteiger partial charge in [-0.2, -0.15) is 0 Å². The second-order valence-corrected chi connectivity index (χ2v) is 8.78.